The lowest BCUT2D eigenvalue weighted by Crippen LogP contribution is -2.56. The molecule has 2 rings (SSSR count). The number of anilines is 1. The molecule has 3 nitrogen and oxygen atoms in total. The van der Waals surface area contributed by atoms with Crippen molar-refractivity contribution in [2.45, 2.75) is 37.6 Å². The van der Waals surface area contributed by atoms with Crippen LogP contribution in [0, 0.1) is 6.92 Å². The maximum Gasteiger partial charge on any atom is 0.0509 e. The Labute approximate surface area is 121 Å². The van der Waals surface area contributed by atoms with E-state index >= 15 is 0 Å². The first-order valence-corrected chi connectivity index (χ1v) is 7.42. The number of alkyl halides is 1. The lowest BCUT2D eigenvalue weighted by atomic mass is 9.75. The second-order valence-corrected chi connectivity index (χ2v) is 6.18. The third kappa shape index (κ3) is 2.87. The Hall–Kier alpha value is -0.800. The standard InChI is InChI=1S/C15H24ClN3/c1-12-8-14(13(9-16)10-17-12)19(4)11-15(18(2)3)6-5-7-15/h8,10H,5-7,9,11H2,1-4H3. The van der Waals surface area contributed by atoms with Crippen LogP contribution in [0.25, 0.3) is 0 Å². The molecule has 1 heterocycles. The number of halogens is 1. The molecule has 1 aromatic rings. The molecular weight excluding hydrogens is 258 g/mol. The molecule has 0 spiro atoms. The van der Waals surface area contributed by atoms with Crippen LogP contribution in [0.1, 0.15) is 30.5 Å². The maximum absolute atomic E-state index is 6.03. The summed E-state index contributed by atoms with van der Waals surface area (Å²) in [4.78, 5) is 9.05. The Bertz CT molecular complexity index is 441. The summed E-state index contributed by atoms with van der Waals surface area (Å²) in [7, 11) is 6.54. The predicted molar refractivity (Wildman–Crippen MR) is 82.1 cm³/mol. The van der Waals surface area contributed by atoms with Crippen molar-refractivity contribution in [2.24, 2.45) is 0 Å². The molecule has 19 heavy (non-hydrogen) atoms. The Morgan fingerprint density at radius 3 is 2.47 bits per heavy atom. The fourth-order valence-electron chi connectivity index (χ4n) is 2.89. The van der Waals surface area contributed by atoms with E-state index in [-0.39, 0.29) is 0 Å². The molecule has 0 N–H and O–H groups in total. The first-order valence-electron chi connectivity index (χ1n) is 6.88. The van der Waals surface area contributed by atoms with Crippen LogP contribution < -0.4 is 4.90 Å². The monoisotopic (exact) mass is 281 g/mol. The van der Waals surface area contributed by atoms with Crippen molar-refractivity contribution in [1.29, 1.82) is 0 Å². The zero-order valence-corrected chi connectivity index (χ0v) is 13.2. The van der Waals surface area contributed by atoms with Crippen LogP contribution in [0.5, 0.6) is 0 Å². The lowest BCUT2D eigenvalue weighted by Gasteiger charge is -2.49. The van der Waals surface area contributed by atoms with Gasteiger partial charge in [-0.3, -0.25) is 4.98 Å². The van der Waals surface area contributed by atoms with Crippen LogP contribution in [0.3, 0.4) is 0 Å². The van der Waals surface area contributed by atoms with Crippen LogP contribution >= 0.6 is 11.6 Å². The lowest BCUT2D eigenvalue weighted by molar-refractivity contribution is 0.0683. The fraction of sp³-hybridized carbons (Fsp3) is 0.667. The normalized spacial score (nSPS) is 17.4. The fourth-order valence-corrected chi connectivity index (χ4v) is 3.10. The van der Waals surface area contributed by atoms with Gasteiger partial charge < -0.3 is 9.80 Å². The van der Waals surface area contributed by atoms with Crippen LogP contribution in [-0.2, 0) is 5.88 Å². The highest BCUT2D eigenvalue weighted by Crippen LogP contribution is 2.38. The molecule has 1 aliphatic rings. The second-order valence-electron chi connectivity index (χ2n) is 5.92. The SMILES string of the molecule is Cc1cc(N(C)CC2(N(C)C)CCC2)c(CCl)cn1. The van der Waals surface area contributed by atoms with E-state index in [0.29, 0.717) is 11.4 Å². The third-order valence-corrected chi connectivity index (χ3v) is 4.71. The van der Waals surface area contributed by atoms with Crippen molar-refractivity contribution in [3.05, 3.63) is 23.5 Å². The second kappa shape index (κ2) is 5.68. The molecule has 0 radical (unpaired) electrons. The number of nitrogens with zero attached hydrogens (tertiary/aromatic N) is 3. The molecule has 0 aromatic carbocycles. The molecular formula is C15H24ClN3. The van der Waals surface area contributed by atoms with Gasteiger partial charge in [0, 0.05) is 42.3 Å². The van der Waals surface area contributed by atoms with E-state index in [1.54, 1.807) is 0 Å². The number of likely N-dealkylation sites (N-methyl/N-ethyl adjacent to an activating group) is 2. The van der Waals surface area contributed by atoms with Crippen molar-refractivity contribution in [1.82, 2.24) is 9.88 Å². The van der Waals surface area contributed by atoms with Crippen LogP contribution in [0.15, 0.2) is 12.3 Å². The Balaban J connectivity index is 2.19. The van der Waals surface area contributed by atoms with E-state index in [1.165, 1.54) is 24.9 Å². The van der Waals surface area contributed by atoms with Gasteiger partial charge in [-0.1, -0.05) is 0 Å². The number of hydrogen-bond donors (Lipinski definition) is 0. The van der Waals surface area contributed by atoms with E-state index in [2.05, 4.69) is 42.0 Å². The molecule has 1 saturated carbocycles. The molecule has 1 aliphatic carbocycles. The van der Waals surface area contributed by atoms with Crippen LogP contribution in [-0.4, -0.2) is 43.1 Å². The van der Waals surface area contributed by atoms with Crippen molar-refractivity contribution in [3.8, 4) is 0 Å². The Morgan fingerprint density at radius 2 is 2.00 bits per heavy atom. The number of aromatic nitrogens is 1. The van der Waals surface area contributed by atoms with E-state index in [0.717, 1.165) is 17.8 Å². The van der Waals surface area contributed by atoms with Crippen molar-refractivity contribution < 1.29 is 0 Å². The predicted octanol–water partition coefficient (Wildman–Crippen LogP) is 3.05. The first kappa shape index (κ1) is 14.6. The van der Waals surface area contributed by atoms with Crippen molar-refractivity contribution >= 4 is 17.3 Å². The molecule has 0 atom stereocenters. The average Bonchev–Trinajstić information content (AvgIpc) is 2.33. The van der Waals surface area contributed by atoms with Gasteiger partial charge in [0.1, 0.15) is 0 Å². The number of pyridine rings is 1. The summed E-state index contributed by atoms with van der Waals surface area (Å²) in [6.45, 7) is 3.08. The van der Waals surface area contributed by atoms with E-state index in [4.69, 9.17) is 11.6 Å². The average molecular weight is 282 g/mol. The van der Waals surface area contributed by atoms with Crippen LogP contribution in [0.2, 0.25) is 0 Å². The molecule has 0 bridgehead atoms. The summed E-state index contributed by atoms with van der Waals surface area (Å²) in [5, 5.41) is 0. The number of rotatable bonds is 5. The number of hydrogen-bond acceptors (Lipinski definition) is 3. The van der Waals surface area contributed by atoms with Crippen molar-refractivity contribution in [3.63, 3.8) is 0 Å². The summed E-state index contributed by atoms with van der Waals surface area (Å²) in [6.07, 6.45) is 5.80. The molecule has 0 amide bonds. The molecule has 0 saturated heterocycles. The summed E-state index contributed by atoms with van der Waals surface area (Å²) in [5.41, 5.74) is 3.71. The highest BCUT2D eigenvalue weighted by atomic mass is 35.5. The van der Waals surface area contributed by atoms with Gasteiger partial charge in [-0.15, -0.1) is 11.6 Å². The molecule has 0 aliphatic heterocycles. The first-order chi connectivity index (χ1) is 8.98. The van der Waals surface area contributed by atoms with Gasteiger partial charge in [-0.05, 0) is 46.3 Å². The highest BCUT2D eigenvalue weighted by molar-refractivity contribution is 6.17. The largest absolute Gasteiger partial charge is 0.372 e. The minimum absolute atomic E-state index is 0.329. The van der Waals surface area contributed by atoms with Gasteiger partial charge in [-0.2, -0.15) is 0 Å². The molecule has 106 valence electrons. The Morgan fingerprint density at radius 1 is 1.32 bits per heavy atom. The van der Waals surface area contributed by atoms with Gasteiger partial charge in [0.25, 0.3) is 0 Å². The molecule has 0 unspecified atom stereocenters. The summed E-state index contributed by atoms with van der Waals surface area (Å²) in [6, 6.07) is 2.14. The third-order valence-electron chi connectivity index (χ3n) is 4.42. The summed E-state index contributed by atoms with van der Waals surface area (Å²) < 4.78 is 0. The topological polar surface area (TPSA) is 19.4 Å². The summed E-state index contributed by atoms with van der Waals surface area (Å²) in [5.74, 6) is 0.516. The minimum Gasteiger partial charge on any atom is -0.372 e. The quantitative estimate of drug-likeness (QED) is 0.774. The summed E-state index contributed by atoms with van der Waals surface area (Å²) >= 11 is 6.03. The zero-order chi connectivity index (χ0) is 14.0. The molecule has 1 fully saturated rings. The highest BCUT2D eigenvalue weighted by Gasteiger charge is 2.40. The van der Waals surface area contributed by atoms with E-state index < -0.39 is 0 Å². The van der Waals surface area contributed by atoms with Gasteiger partial charge in [0.2, 0.25) is 0 Å². The number of aryl methyl sites for hydroxylation is 1. The van der Waals surface area contributed by atoms with Crippen molar-refractivity contribution in [2.75, 3.05) is 32.6 Å². The van der Waals surface area contributed by atoms with Crippen LogP contribution in [0.4, 0.5) is 5.69 Å². The van der Waals surface area contributed by atoms with Gasteiger partial charge in [0.05, 0.1) is 5.88 Å². The minimum atomic E-state index is 0.329. The maximum atomic E-state index is 6.03. The van der Waals surface area contributed by atoms with E-state index in [9.17, 15) is 0 Å². The smallest absolute Gasteiger partial charge is 0.0509 e. The van der Waals surface area contributed by atoms with Gasteiger partial charge in [-0.25, -0.2) is 0 Å². The van der Waals surface area contributed by atoms with Gasteiger partial charge >= 0.3 is 0 Å². The van der Waals surface area contributed by atoms with Gasteiger partial charge in [0.15, 0.2) is 0 Å². The van der Waals surface area contributed by atoms with E-state index in [1.807, 2.05) is 13.1 Å². The Kier molecular flexibility index (Phi) is 4.36. The zero-order valence-electron chi connectivity index (χ0n) is 12.4. The molecule has 4 heteroatoms. The molecule has 1 aromatic heterocycles.